The number of aliphatic hydroxyl groups excluding tert-OH is 1. The Bertz CT molecular complexity index is 499. The molecule has 0 spiro atoms. The largest absolute Gasteiger partial charge is 0.388 e. The number of rotatable bonds is 6. The fraction of sp³-hybridized carbons (Fsp3) is 0.684. The molecule has 1 aromatic carbocycles. The van der Waals surface area contributed by atoms with E-state index in [4.69, 9.17) is 0 Å². The number of fused-ring (bicyclic) bond motifs is 1. The van der Waals surface area contributed by atoms with E-state index in [-0.39, 0.29) is 6.10 Å². The summed E-state index contributed by atoms with van der Waals surface area (Å²) >= 11 is 0. The summed E-state index contributed by atoms with van der Waals surface area (Å²) in [4.78, 5) is 4.94. The summed E-state index contributed by atoms with van der Waals surface area (Å²) in [5.74, 6) is 0. The molecule has 0 saturated carbocycles. The lowest BCUT2D eigenvalue weighted by molar-refractivity contribution is 0.136. The molecule has 2 aliphatic rings. The van der Waals surface area contributed by atoms with Gasteiger partial charge in [0.1, 0.15) is 0 Å². The van der Waals surface area contributed by atoms with Crippen LogP contribution in [0.25, 0.3) is 0 Å². The quantitative estimate of drug-likeness (QED) is 0.843. The summed E-state index contributed by atoms with van der Waals surface area (Å²) in [6.07, 6.45) is 4.06. The second-order valence-corrected chi connectivity index (χ2v) is 6.87. The van der Waals surface area contributed by atoms with E-state index in [0.717, 1.165) is 57.7 Å². The van der Waals surface area contributed by atoms with E-state index in [2.05, 4.69) is 40.2 Å². The Labute approximate surface area is 140 Å². The van der Waals surface area contributed by atoms with Crippen LogP contribution in [0.4, 0.5) is 5.69 Å². The van der Waals surface area contributed by atoms with Crippen molar-refractivity contribution < 1.29 is 5.11 Å². The van der Waals surface area contributed by atoms with Crippen LogP contribution in [0.15, 0.2) is 18.2 Å². The predicted molar refractivity (Wildman–Crippen MR) is 96.2 cm³/mol. The Kier molecular flexibility index (Phi) is 5.92. The van der Waals surface area contributed by atoms with Crippen molar-refractivity contribution in [2.45, 2.75) is 38.7 Å². The van der Waals surface area contributed by atoms with Crippen molar-refractivity contribution in [1.29, 1.82) is 0 Å². The Morgan fingerprint density at radius 1 is 1.17 bits per heavy atom. The van der Waals surface area contributed by atoms with E-state index < -0.39 is 0 Å². The maximum atomic E-state index is 10.6. The maximum Gasteiger partial charge on any atom is 0.0802 e. The molecule has 2 N–H and O–H groups in total. The molecule has 1 aromatic rings. The molecule has 1 atom stereocenters. The molecule has 0 aliphatic carbocycles. The fourth-order valence-corrected chi connectivity index (χ4v) is 3.81. The minimum atomic E-state index is -0.336. The smallest absolute Gasteiger partial charge is 0.0802 e. The lowest BCUT2D eigenvalue weighted by Gasteiger charge is -2.32. The lowest BCUT2D eigenvalue weighted by atomic mass is 9.96. The number of benzene rings is 1. The van der Waals surface area contributed by atoms with Crippen LogP contribution in [0.2, 0.25) is 0 Å². The van der Waals surface area contributed by atoms with Gasteiger partial charge in [-0.1, -0.05) is 19.1 Å². The normalized spacial score (nSPS) is 20.3. The van der Waals surface area contributed by atoms with Crippen LogP contribution in [0, 0.1) is 0 Å². The summed E-state index contributed by atoms with van der Waals surface area (Å²) in [5, 5.41) is 13.9. The number of aryl methyl sites for hydroxylation is 1. The SMILES string of the molecule is CCCN1CCCc2cc(C(O)CCN3CCNCC3)ccc21. The van der Waals surface area contributed by atoms with Gasteiger partial charge in [-0.15, -0.1) is 0 Å². The van der Waals surface area contributed by atoms with Gasteiger partial charge in [-0.2, -0.15) is 0 Å². The van der Waals surface area contributed by atoms with Crippen LogP contribution in [0.5, 0.6) is 0 Å². The zero-order chi connectivity index (χ0) is 16.1. The Morgan fingerprint density at radius 3 is 2.78 bits per heavy atom. The highest BCUT2D eigenvalue weighted by Crippen LogP contribution is 2.30. The summed E-state index contributed by atoms with van der Waals surface area (Å²) in [7, 11) is 0. The number of aliphatic hydroxyl groups is 1. The minimum absolute atomic E-state index is 0.336. The number of nitrogens with one attached hydrogen (secondary N) is 1. The van der Waals surface area contributed by atoms with Gasteiger partial charge in [-0.05, 0) is 42.9 Å². The Hall–Kier alpha value is -1.10. The second kappa shape index (κ2) is 8.13. The lowest BCUT2D eigenvalue weighted by Crippen LogP contribution is -2.44. The van der Waals surface area contributed by atoms with Gasteiger partial charge in [0.25, 0.3) is 0 Å². The molecular weight excluding hydrogens is 286 g/mol. The molecule has 2 heterocycles. The fourth-order valence-electron chi connectivity index (χ4n) is 3.81. The van der Waals surface area contributed by atoms with Gasteiger partial charge in [0.15, 0.2) is 0 Å². The standard InChI is InChI=1S/C19H31N3O/c1-2-10-22-11-3-4-16-15-17(5-6-18(16)22)19(23)7-12-21-13-8-20-9-14-21/h5-6,15,19-20,23H,2-4,7-14H2,1H3. The first-order valence-corrected chi connectivity index (χ1v) is 9.27. The van der Waals surface area contributed by atoms with Crippen molar-refractivity contribution in [3.8, 4) is 0 Å². The molecule has 3 rings (SSSR count). The van der Waals surface area contributed by atoms with Gasteiger partial charge in [0, 0.05) is 51.5 Å². The molecule has 0 radical (unpaired) electrons. The first-order chi connectivity index (χ1) is 11.3. The number of piperazine rings is 1. The zero-order valence-electron chi connectivity index (χ0n) is 14.4. The highest BCUT2D eigenvalue weighted by atomic mass is 16.3. The average molecular weight is 317 g/mol. The summed E-state index contributed by atoms with van der Waals surface area (Å²) in [5.41, 5.74) is 3.90. The van der Waals surface area contributed by atoms with Crippen LogP contribution in [-0.4, -0.2) is 55.8 Å². The van der Waals surface area contributed by atoms with Crippen molar-refractivity contribution in [1.82, 2.24) is 10.2 Å². The molecule has 0 amide bonds. The van der Waals surface area contributed by atoms with E-state index >= 15 is 0 Å². The monoisotopic (exact) mass is 317 g/mol. The summed E-state index contributed by atoms with van der Waals surface area (Å²) < 4.78 is 0. The molecule has 4 heteroatoms. The zero-order valence-corrected chi connectivity index (χ0v) is 14.4. The first-order valence-electron chi connectivity index (χ1n) is 9.27. The Balaban J connectivity index is 1.61. The van der Waals surface area contributed by atoms with Crippen LogP contribution in [0.3, 0.4) is 0 Å². The van der Waals surface area contributed by atoms with Gasteiger partial charge in [0.05, 0.1) is 6.10 Å². The highest BCUT2D eigenvalue weighted by Gasteiger charge is 2.19. The van der Waals surface area contributed by atoms with E-state index in [1.54, 1.807) is 0 Å². The van der Waals surface area contributed by atoms with Crippen LogP contribution >= 0.6 is 0 Å². The molecule has 2 aliphatic heterocycles. The number of anilines is 1. The minimum Gasteiger partial charge on any atom is -0.388 e. The van der Waals surface area contributed by atoms with Gasteiger partial charge >= 0.3 is 0 Å². The topological polar surface area (TPSA) is 38.7 Å². The number of nitrogens with zero attached hydrogens (tertiary/aromatic N) is 2. The van der Waals surface area contributed by atoms with E-state index in [0.29, 0.717) is 0 Å². The highest BCUT2D eigenvalue weighted by molar-refractivity contribution is 5.57. The summed E-state index contributed by atoms with van der Waals surface area (Å²) in [6.45, 7) is 9.88. The van der Waals surface area contributed by atoms with Crippen molar-refractivity contribution in [3.05, 3.63) is 29.3 Å². The summed E-state index contributed by atoms with van der Waals surface area (Å²) in [6, 6.07) is 6.61. The third-order valence-corrected chi connectivity index (χ3v) is 5.13. The molecule has 1 fully saturated rings. The van der Waals surface area contributed by atoms with Gasteiger partial charge < -0.3 is 20.2 Å². The van der Waals surface area contributed by atoms with Crippen LogP contribution < -0.4 is 10.2 Å². The predicted octanol–water partition coefficient (Wildman–Crippen LogP) is 2.18. The molecule has 23 heavy (non-hydrogen) atoms. The molecule has 1 unspecified atom stereocenters. The molecule has 128 valence electrons. The Morgan fingerprint density at radius 2 is 2.00 bits per heavy atom. The van der Waals surface area contributed by atoms with Crippen molar-refractivity contribution in [2.75, 3.05) is 50.7 Å². The molecule has 4 nitrogen and oxygen atoms in total. The molecular formula is C19H31N3O. The average Bonchev–Trinajstić information content (AvgIpc) is 2.60. The van der Waals surface area contributed by atoms with Gasteiger partial charge in [0.2, 0.25) is 0 Å². The molecule has 1 saturated heterocycles. The van der Waals surface area contributed by atoms with Crippen LogP contribution in [0.1, 0.15) is 43.4 Å². The van der Waals surface area contributed by atoms with Crippen molar-refractivity contribution in [2.24, 2.45) is 0 Å². The first kappa shape index (κ1) is 16.7. The van der Waals surface area contributed by atoms with Crippen LogP contribution in [-0.2, 0) is 6.42 Å². The van der Waals surface area contributed by atoms with Crippen molar-refractivity contribution in [3.63, 3.8) is 0 Å². The molecule has 0 bridgehead atoms. The third-order valence-electron chi connectivity index (χ3n) is 5.13. The van der Waals surface area contributed by atoms with Crippen molar-refractivity contribution >= 4 is 5.69 Å². The number of hydrogen-bond acceptors (Lipinski definition) is 4. The van der Waals surface area contributed by atoms with Gasteiger partial charge in [-0.25, -0.2) is 0 Å². The second-order valence-electron chi connectivity index (χ2n) is 6.87. The third kappa shape index (κ3) is 4.25. The van der Waals surface area contributed by atoms with Gasteiger partial charge in [-0.3, -0.25) is 0 Å². The molecule has 0 aromatic heterocycles. The van der Waals surface area contributed by atoms with E-state index in [9.17, 15) is 5.11 Å². The maximum absolute atomic E-state index is 10.6. The van der Waals surface area contributed by atoms with E-state index in [1.165, 1.54) is 30.6 Å². The number of hydrogen-bond donors (Lipinski definition) is 2. The van der Waals surface area contributed by atoms with E-state index in [1.807, 2.05) is 0 Å².